The molecular weight excluding hydrogens is 242 g/mol. The zero-order valence-electron chi connectivity index (χ0n) is 9.66. The second kappa shape index (κ2) is 5.29. The summed E-state index contributed by atoms with van der Waals surface area (Å²) in [5.74, 6) is 0. The van der Waals surface area contributed by atoms with Crippen LogP contribution < -0.4 is 0 Å². The first kappa shape index (κ1) is 13.7. The number of benzene rings is 1. The molecule has 1 unspecified atom stereocenters. The molecular formula is C11H15NO4S. The fraction of sp³-hybridized carbons (Fsp3) is 0.364. The smallest absolute Gasteiger partial charge is 0.158 e. The number of oxime groups is 1. The fourth-order valence-corrected chi connectivity index (χ4v) is 2.43. The van der Waals surface area contributed by atoms with E-state index in [1.807, 2.05) is 0 Å². The molecule has 0 radical (unpaired) electrons. The average Bonchev–Trinajstić information content (AvgIpc) is 2.25. The highest BCUT2D eigenvalue weighted by molar-refractivity contribution is 7.92. The summed E-state index contributed by atoms with van der Waals surface area (Å²) in [5.41, 5.74) is 1.26. The van der Waals surface area contributed by atoms with Gasteiger partial charge in [0.1, 0.15) is 11.0 Å². The Bertz CT molecular complexity index is 522. The molecule has 17 heavy (non-hydrogen) atoms. The molecule has 6 heteroatoms. The standard InChI is InChI=1S/C11H15NO4S/c1-8-5-3-4-6-9(8)11(12-14)10(7-13)17(2,15)16/h3-6,10,13-14H,7H2,1-2H3. The lowest BCUT2D eigenvalue weighted by atomic mass is 10.0. The van der Waals surface area contributed by atoms with E-state index >= 15 is 0 Å². The minimum Gasteiger partial charge on any atom is -0.411 e. The van der Waals surface area contributed by atoms with Crippen molar-refractivity contribution < 1.29 is 18.7 Å². The molecule has 1 aromatic rings. The number of hydrogen-bond donors (Lipinski definition) is 2. The van der Waals surface area contributed by atoms with Gasteiger partial charge >= 0.3 is 0 Å². The summed E-state index contributed by atoms with van der Waals surface area (Å²) in [6.45, 7) is 1.16. The maximum absolute atomic E-state index is 11.5. The number of aryl methyl sites for hydroxylation is 1. The number of aliphatic hydroxyl groups excluding tert-OH is 1. The third-order valence-corrected chi connectivity index (χ3v) is 3.92. The monoisotopic (exact) mass is 257 g/mol. The van der Waals surface area contributed by atoms with E-state index < -0.39 is 21.7 Å². The van der Waals surface area contributed by atoms with Gasteiger partial charge in [0.05, 0.1) is 6.61 Å². The van der Waals surface area contributed by atoms with Crippen molar-refractivity contribution in [3.8, 4) is 0 Å². The van der Waals surface area contributed by atoms with Gasteiger partial charge in [-0.3, -0.25) is 0 Å². The van der Waals surface area contributed by atoms with Gasteiger partial charge in [-0.15, -0.1) is 0 Å². The first-order valence-electron chi connectivity index (χ1n) is 4.99. The van der Waals surface area contributed by atoms with Gasteiger partial charge in [-0.1, -0.05) is 29.4 Å². The second-order valence-corrected chi connectivity index (χ2v) is 6.03. The molecule has 0 aromatic heterocycles. The van der Waals surface area contributed by atoms with Crippen LogP contribution in [0, 0.1) is 6.92 Å². The molecule has 0 aliphatic carbocycles. The zero-order valence-corrected chi connectivity index (χ0v) is 10.5. The predicted molar refractivity (Wildman–Crippen MR) is 65.2 cm³/mol. The van der Waals surface area contributed by atoms with Crippen LogP contribution in [-0.2, 0) is 9.84 Å². The van der Waals surface area contributed by atoms with Crippen LogP contribution in [0.3, 0.4) is 0 Å². The normalized spacial score (nSPS) is 14.6. The van der Waals surface area contributed by atoms with Crippen LogP contribution in [0.5, 0.6) is 0 Å². The van der Waals surface area contributed by atoms with Crippen LogP contribution in [0.4, 0.5) is 0 Å². The fourth-order valence-electron chi connectivity index (χ4n) is 1.58. The van der Waals surface area contributed by atoms with E-state index in [2.05, 4.69) is 5.16 Å². The lowest BCUT2D eigenvalue weighted by molar-refractivity contribution is 0.296. The van der Waals surface area contributed by atoms with Crippen LogP contribution in [0.25, 0.3) is 0 Å². The highest BCUT2D eigenvalue weighted by Crippen LogP contribution is 2.14. The van der Waals surface area contributed by atoms with Crippen molar-refractivity contribution >= 4 is 15.5 Å². The maximum Gasteiger partial charge on any atom is 0.158 e. The number of rotatable bonds is 4. The van der Waals surface area contributed by atoms with Crippen LogP contribution in [0.2, 0.25) is 0 Å². The van der Waals surface area contributed by atoms with E-state index in [-0.39, 0.29) is 5.71 Å². The molecule has 0 bridgehead atoms. The van der Waals surface area contributed by atoms with Crippen LogP contribution in [-0.4, -0.2) is 42.6 Å². The van der Waals surface area contributed by atoms with Crippen molar-refractivity contribution in [3.05, 3.63) is 35.4 Å². The number of sulfone groups is 1. The molecule has 94 valence electrons. The Morgan fingerprint density at radius 3 is 2.41 bits per heavy atom. The van der Waals surface area contributed by atoms with Gasteiger partial charge in [0.15, 0.2) is 9.84 Å². The lowest BCUT2D eigenvalue weighted by Crippen LogP contribution is -2.34. The van der Waals surface area contributed by atoms with E-state index in [0.717, 1.165) is 11.8 Å². The summed E-state index contributed by atoms with van der Waals surface area (Å²) in [7, 11) is -3.53. The molecule has 0 spiro atoms. The Morgan fingerprint density at radius 2 is 2.00 bits per heavy atom. The summed E-state index contributed by atoms with van der Waals surface area (Å²) in [6.07, 6.45) is 0.997. The van der Waals surface area contributed by atoms with Crippen LogP contribution in [0.1, 0.15) is 11.1 Å². The quantitative estimate of drug-likeness (QED) is 0.469. The Hall–Kier alpha value is -1.40. The van der Waals surface area contributed by atoms with Gasteiger partial charge in [0.25, 0.3) is 0 Å². The summed E-state index contributed by atoms with van der Waals surface area (Å²) >= 11 is 0. The second-order valence-electron chi connectivity index (χ2n) is 3.80. The average molecular weight is 257 g/mol. The van der Waals surface area contributed by atoms with E-state index in [9.17, 15) is 8.42 Å². The molecule has 0 amide bonds. The number of aliphatic hydroxyl groups is 1. The Morgan fingerprint density at radius 1 is 1.41 bits per heavy atom. The molecule has 1 aromatic carbocycles. The highest BCUT2D eigenvalue weighted by Gasteiger charge is 2.28. The molecule has 0 fully saturated rings. The molecule has 0 heterocycles. The van der Waals surface area contributed by atoms with Crippen molar-refractivity contribution in [2.24, 2.45) is 5.16 Å². The van der Waals surface area contributed by atoms with Crippen molar-refractivity contribution in [3.63, 3.8) is 0 Å². The minimum atomic E-state index is -3.53. The molecule has 1 atom stereocenters. The summed E-state index contributed by atoms with van der Waals surface area (Å²) < 4.78 is 23.0. The molecule has 0 aliphatic heterocycles. The van der Waals surface area contributed by atoms with Crippen LogP contribution in [0.15, 0.2) is 29.4 Å². The molecule has 2 N–H and O–H groups in total. The lowest BCUT2D eigenvalue weighted by Gasteiger charge is -2.15. The van der Waals surface area contributed by atoms with Crippen molar-refractivity contribution in [2.45, 2.75) is 12.2 Å². The SMILES string of the molecule is Cc1ccccc1C(=NO)C(CO)S(C)(=O)=O. The molecule has 0 aliphatic rings. The van der Waals surface area contributed by atoms with E-state index in [1.165, 1.54) is 0 Å². The molecule has 0 saturated carbocycles. The van der Waals surface area contributed by atoms with Gasteiger partial charge in [0, 0.05) is 11.8 Å². The van der Waals surface area contributed by atoms with Crippen molar-refractivity contribution in [1.82, 2.24) is 0 Å². The van der Waals surface area contributed by atoms with E-state index in [0.29, 0.717) is 5.56 Å². The summed E-state index contributed by atoms with van der Waals surface area (Å²) in [6, 6.07) is 6.93. The minimum absolute atomic E-state index is 0.0342. The third-order valence-electron chi connectivity index (χ3n) is 2.52. The first-order valence-corrected chi connectivity index (χ1v) is 6.95. The summed E-state index contributed by atoms with van der Waals surface area (Å²) in [4.78, 5) is 0. The van der Waals surface area contributed by atoms with Crippen molar-refractivity contribution in [1.29, 1.82) is 0 Å². The van der Waals surface area contributed by atoms with Gasteiger partial charge in [-0.2, -0.15) is 0 Å². The largest absolute Gasteiger partial charge is 0.411 e. The topological polar surface area (TPSA) is 87.0 Å². The van der Waals surface area contributed by atoms with Crippen LogP contribution >= 0.6 is 0 Å². The maximum atomic E-state index is 11.5. The van der Waals surface area contributed by atoms with Crippen molar-refractivity contribution in [2.75, 3.05) is 12.9 Å². The Labute approximate surface area is 100 Å². The summed E-state index contributed by atoms with van der Waals surface area (Å²) in [5, 5.41) is 19.9. The molecule has 0 saturated heterocycles. The van der Waals surface area contributed by atoms with E-state index in [4.69, 9.17) is 10.3 Å². The van der Waals surface area contributed by atoms with Gasteiger partial charge in [-0.05, 0) is 12.5 Å². The zero-order chi connectivity index (χ0) is 13.1. The predicted octanol–water partition coefficient (Wildman–Crippen LogP) is 0.579. The first-order chi connectivity index (χ1) is 7.91. The molecule has 1 rings (SSSR count). The highest BCUT2D eigenvalue weighted by atomic mass is 32.2. The Kier molecular flexibility index (Phi) is 4.25. The third kappa shape index (κ3) is 3.04. The van der Waals surface area contributed by atoms with Gasteiger partial charge in [-0.25, -0.2) is 8.42 Å². The molecule has 5 nitrogen and oxygen atoms in total. The van der Waals surface area contributed by atoms with E-state index in [1.54, 1.807) is 31.2 Å². The number of hydrogen-bond acceptors (Lipinski definition) is 5. The number of nitrogens with zero attached hydrogens (tertiary/aromatic N) is 1. The van der Waals surface area contributed by atoms with Gasteiger partial charge in [0.2, 0.25) is 0 Å². The van der Waals surface area contributed by atoms with Gasteiger partial charge < -0.3 is 10.3 Å². The Balaban J connectivity index is 3.31.